The van der Waals surface area contributed by atoms with Crippen molar-refractivity contribution in [2.75, 3.05) is 13.6 Å². The Bertz CT molecular complexity index is 393. The van der Waals surface area contributed by atoms with Crippen LogP contribution in [-0.4, -0.2) is 54.2 Å². The Morgan fingerprint density at radius 2 is 1.95 bits per heavy atom. The minimum Gasteiger partial charge on any atom is -0.444 e. The van der Waals surface area contributed by atoms with Gasteiger partial charge in [-0.1, -0.05) is 0 Å². The SMILES string of the molecule is CNC(=O)C(C)NC(C)CC1CCCN1C(=O)OC(C)(C)C. The molecule has 1 fully saturated rings. The van der Waals surface area contributed by atoms with Crippen LogP contribution in [0.3, 0.4) is 0 Å². The van der Waals surface area contributed by atoms with E-state index in [1.165, 1.54) is 0 Å². The van der Waals surface area contributed by atoms with Crippen molar-refractivity contribution in [2.24, 2.45) is 0 Å². The van der Waals surface area contributed by atoms with Crippen LogP contribution >= 0.6 is 0 Å². The minimum atomic E-state index is -0.470. The molecule has 0 spiro atoms. The van der Waals surface area contributed by atoms with E-state index in [1.54, 1.807) is 7.05 Å². The lowest BCUT2D eigenvalue weighted by Gasteiger charge is -2.30. The molecule has 3 atom stereocenters. The molecule has 6 heteroatoms. The summed E-state index contributed by atoms with van der Waals surface area (Å²) in [5.41, 5.74) is -0.470. The molecule has 0 radical (unpaired) electrons. The molecule has 6 nitrogen and oxygen atoms in total. The number of nitrogens with one attached hydrogen (secondary N) is 2. The Balaban J connectivity index is 2.53. The molecule has 0 aromatic rings. The predicted molar refractivity (Wildman–Crippen MR) is 86.7 cm³/mol. The number of hydrogen-bond acceptors (Lipinski definition) is 4. The monoisotopic (exact) mass is 313 g/mol. The second-order valence-corrected chi connectivity index (χ2v) is 7.11. The van der Waals surface area contributed by atoms with Gasteiger partial charge in [-0.3, -0.25) is 4.79 Å². The van der Waals surface area contributed by atoms with E-state index in [9.17, 15) is 9.59 Å². The molecule has 0 saturated carbocycles. The molecule has 2 N–H and O–H groups in total. The quantitative estimate of drug-likeness (QED) is 0.813. The molecule has 0 bridgehead atoms. The number of carbonyl (C=O) groups is 2. The highest BCUT2D eigenvalue weighted by molar-refractivity contribution is 5.80. The van der Waals surface area contributed by atoms with Crippen LogP contribution in [0.4, 0.5) is 4.79 Å². The lowest BCUT2D eigenvalue weighted by Crippen LogP contribution is -2.47. The molecule has 1 aliphatic rings. The molecular formula is C16H31N3O3. The lowest BCUT2D eigenvalue weighted by atomic mass is 10.1. The van der Waals surface area contributed by atoms with E-state index in [0.29, 0.717) is 0 Å². The third-order valence-corrected chi connectivity index (χ3v) is 3.80. The maximum atomic E-state index is 12.2. The van der Waals surface area contributed by atoms with Crippen molar-refractivity contribution in [3.05, 3.63) is 0 Å². The van der Waals surface area contributed by atoms with Gasteiger partial charge in [0.15, 0.2) is 0 Å². The van der Waals surface area contributed by atoms with Crippen LogP contribution in [0.1, 0.15) is 53.9 Å². The summed E-state index contributed by atoms with van der Waals surface area (Å²) in [6, 6.07) is 0.0888. The molecule has 1 rings (SSSR count). The van der Waals surface area contributed by atoms with Crippen molar-refractivity contribution in [3.8, 4) is 0 Å². The molecule has 3 unspecified atom stereocenters. The standard InChI is InChI=1S/C16H31N3O3/c1-11(18-12(2)14(20)17-6)10-13-8-7-9-19(13)15(21)22-16(3,4)5/h11-13,18H,7-10H2,1-6H3,(H,17,20). The van der Waals surface area contributed by atoms with Crippen LogP contribution in [0.25, 0.3) is 0 Å². The van der Waals surface area contributed by atoms with Gasteiger partial charge in [-0.25, -0.2) is 4.79 Å². The fourth-order valence-electron chi connectivity index (χ4n) is 2.84. The first-order valence-electron chi connectivity index (χ1n) is 8.11. The zero-order chi connectivity index (χ0) is 16.9. The van der Waals surface area contributed by atoms with E-state index >= 15 is 0 Å². The summed E-state index contributed by atoms with van der Waals surface area (Å²) < 4.78 is 5.47. The topological polar surface area (TPSA) is 70.7 Å². The van der Waals surface area contributed by atoms with Gasteiger partial charge in [0.1, 0.15) is 5.60 Å². The largest absolute Gasteiger partial charge is 0.444 e. The molecule has 1 saturated heterocycles. The number of likely N-dealkylation sites (tertiary alicyclic amines) is 1. The molecular weight excluding hydrogens is 282 g/mol. The van der Waals surface area contributed by atoms with Crippen molar-refractivity contribution >= 4 is 12.0 Å². The highest BCUT2D eigenvalue weighted by Gasteiger charge is 2.33. The summed E-state index contributed by atoms with van der Waals surface area (Å²) in [6.45, 7) is 10.3. The zero-order valence-corrected chi connectivity index (χ0v) is 14.7. The highest BCUT2D eigenvalue weighted by atomic mass is 16.6. The second kappa shape index (κ2) is 7.81. The molecule has 0 aromatic carbocycles. The average Bonchev–Trinajstić information content (AvgIpc) is 2.83. The van der Waals surface area contributed by atoms with Crippen LogP contribution in [0.2, 0.25) is 0 Å². The van der Waals surface area contributed by atoms with E-state index in [2.05, 4.69) is 10.6 Å². The lowest BCUT2D eigenvalue weighted by molar-refractivity contribution is -0.122. The van der Waals surface area contributed by atoms with Crippen LogP contribution in [0.15, 0.2) is 0 Å². The highest BCUT2D eigenvalue weighted by Crippen LogP contribution is 2.24. The van der Waals surface area contributed by atoms with Gasteiger partial charge in [0.25, 0.3) is 0 Å². The third kappa shape index (κ3) is 5.83. The third-order valence-electron chi connectivity index (χ3n) is 3.80. The Labute approximate surface area is 134 Å². The Kier molecular flexibility index (Phi) is 6.66. The van der Waals surface area contributed by atoms with Gasteiger partial charge >= 0.3 is 6.09 Å². The first kappa shape index (κ1) is 18.7. The molecule has 22 heavy (non-hydrogen) atoms. The number of ether oxygens (including phenoxy) is 1. The summed E-state index contributed by atoms with van der Waals surface area (Å²) in [5, 5.41) is 5.90. The van der Waals surface area contributed by atoms with Gasteiger partial charge in [0, 0.05) is 25.7 Å². The number of amides is 2. The maximum Gasteiger partial charge on any atom is 0.410 e. The smallest absolute Gasteiger partial charge is 0.410 e. The summed E-state index contributed by atoms with van der Waals surface area (Å²) >= 11 is 0. The number of likely N-dealkylation sites (N-methyl/N-ethyl adjacent to an activating group) is 1. The molecule has 128 valence electrons. The molecule has 2 amide bonds. The summed E-state index contributed by atoms with van der Waals surface area (Å²) in [6.07, 6.45) is 2.57. The molecule has 1 aliphatic heterocycles. The Hall–Kier alpha value is -1.30. The maximum absolute atomic E-state index is 12.2. The van der Waals surface area contributed by atoms with E-state index in [0.717, 1.165) is 25.8 Å². The number of hydrogen-bond donors (Lipinski definition) is 2. The molecule has 0 aromatic heterocycles. The average molecular weight is 313 g/mol. The van der Waals surface area contributed by atoms with Gasteiger partial charge in [0.2, 0.25) is 5.91 Å². The fraction of sp³-hybridized carbons (Fsp3) is 0.875. The predicted octanol–water partition coefficient (Wildman–Crippen LogP) is 1.89. The number of nitrogens with zero attached hydrogens (tertiary/aromatic N) is 1. The van der Waals surface area contributed by atoms with Gasteiger partial charge in [0.05, 0.1) is 6.04 Å². The fourth-order valence-corrected chi connectivity index (χ4v) is 2.84. The van der Waals surface area contributed by atoms with Gasteiger partial charge < -0.3 is 20.3 Å². The number of carbonyl (C=O) groups excluding carboxylic acids is 2. The van der Waals surface area contributed by atoms with E-state index in [4.69, 9.17) is 4.74 Å². The minimum absolute atomic E-state index is 0.0257. The van der Waals surface area contributed by atoms with Crippen molar-refractivity contribution in [3.63, 3.8) is 0 Å². The second-order valence-electron chi connectivity index (χ2n) is 7.11. The summed E-state index contributed by atoms with van der Waals surface area (Å²) in [5.74, 6) is -0.0257. The molecule has 0 aliphatic carbocycles. The first-order chi connectivity index (χ1) is 10.1. The Morgan fingerprint density at radius 1 is 1.32 bits per heavy atom. The van der Waals surface area contributed by atoms with Crippen molar-refractivity contribution < 1.29 is 14.3 Å². The molecule has 1 heterocycles. The van der Waals surface area contributed by atoms with E-state index in [1.807, 2.05) is 39.5 Å². The van der Waals surface area contributed by atoms with Gasteiger partial charge in [-0.2, -0.15) is 0 Å². The van der Waals surface area contributed by atoms with Crippen molar-refractivity contribution in [1.82, 2.24) is 15.5 Å². The van der Waals surface area contributed by atoms with Crippen LogP contribution in [0.5, 0.6) is 0 Å². The number of rotatable bonds is 5. The van der Waals surface area contributed by atoms with Crippen LogP contribution in [-0.2, 0) is 9.53 Å². The van der Waals surface area contributed by atoms with Crippen molar-refractivity contribution in [2.45, 2.75) is 77.6 Å². The van der Waals surface area contributed by atoms with E-state index in [-0.39, 0.29) is 30.1 Å². The normalized spacial score (nSPS) is 21.4. The van der Waals surface area contributed by atoms with Crippen LogP contribution < -0.4 is 10.6 Å². The zero-order valence-electron chi connectivity index (χ0n) is 14.7. The first-order valence-corrected chi connectivity index (χ1v) is 8.11. The van der Waals surface area contributed by atoms with Gasteiger partial charge in [-0.15, -0.1) is 0 Å². The van der Waals surface area contributed by atoms with Crippen molar-refractivity contribution in [1.29, 1.82) is 0 Å². The van der Waals surface area contributed by atoms with Crippen LogP contribution in [0, 0.1) is 0 Å². The summed E-state index contributed by atoms with van der Waals surface area (Å²) in [4.78, 5) is 25.6. The van der Waals surface area contributed by atoms with E-state index < -0.39 is 5.60 Å². The van der Waals surface area contributed by atoms with Gasteiger partial charge in [-0.05, 0) is 53.9 Å². The summed E-state index contributed by atoms with van der Waals surface area (Å²) in [7, 11) is 1.63. The Morgan fingerprint density at radius 3 is 2.50 bits per heavy atom.